The van der Waals surface area contributed by atoms with E-state index in [9.17, 15) is 4.79 Å². The van der Waals surface area contributed by atoms with Gasteiger partial charge in [-0.1, -0.05) is 0 Å². The van der Waals surface area contributed by atoms with Crippen molar-refractivity contribution in [1.29, 1.82) is 5.41 Å². The van der Waals surface area contributed by atoms with Gasteiger partial charge in [-0.2, -0.15) is 0 Å². The molecule has 6 heteroatoms. The number of carbonyl (C=O) groups excluding carboxylic acids is 1. The van der Waals surface area contributed by atoms with Gasteiger partial charge in [-0.05, 0) is 30.7 Å². The van der Waals surface area contributed by atoms with Gasteiger partial charge in [-0.15, -0.1) is 12.4 Å². The summed E-state index contributed by atoms with van der Waals surface area (Å²) >= 11 is 0. The highest BCUT2D eigenvalue weighted by molar-refractivity contribution is 6.01. The molecule has 0 fully saturated rings. The lowest BCUT2D eigenvalue weighted by molar-refractivity contribution is -0.116. The molecule has 1 atom stereocenters. The fourth-order valence-electron chi connectivity index (χ4n) is 2.41. The van der Waals surface area contributed by atoms with Crippen LogP contribution in [0.15, 0.2) is 18.2 Å². The van der Waals surface area contributed by atoms with Crippen LogP contribution in [0.5, 0.6) is 5.75 Å². The predicted octanol–water partition coefficient (Wildman–Crippen LogP) is 2.41. The molecular weight excluding hydrogens is 280 g/mol. The molecule has 1 unspecified atom stereocenters. The van der Waals surface area contributed by atoms with Gasteiger partial charge in [-0.3, -0.25) is 15.1 Å². The molecule has 1 N–H and O–H groups in total. The Labute approximate surface area is 124 Å². The number of amides is 1. The van der Waals surface area contributed by atoms with Crippen molar-refractivity contribution in [1.82, 2.24) is 0 Å². The maximum Gasteiger partial charge on any atom is 0.224 e. The van der Waals surface area contributed by atoms with Crippen LogP contribution in [0, 0.1) is 5.41 Å². The van der Waals surface area contributed by atoms with Crippen molar-refractivity contribution in [3.05, 3.63) is 23.8 Å². The van der Waals surface area contributed by atoms with E-state index < -0.39 is 0 Å². The minimum atomic E-state index is -0.348. The van der Waals surface area contributed by atoms with Crippen molar-refractivity contribution in [2.45, 2.75) is 26.3 Å². The predicted molar refractivity (Wildman–Crippen MR) is 80.2 cm³/mol. The van der Waals surface area contributed by atoms with Gasteiger partial charge in [0.25, 0.3) is 0 Å². The SMILES string of the molecule is CCOC(=N)C1Cc2cc(OC)ccc2N1C(C)=O.Cl. The molecule has 0 aromatic heterocycles. The molecular formula is C14H19ClN2O3. The molecule has 5 nitrogen and oxygen atoms in total. The highest BCUT2D eigenvalue weighted by Crippen LogP contribution is 2.35. The quantitative estimate of drug-likeness (QED) is 0.688. The van der Waals surface area contributed by atoms with Crippen LogP contribution in [0.2, 0.25) is 0 Å². The van der Waals surface area contributed by atoms with Crippen molar-refractivity contribution in [3.63, 3.8) is 0 Å². The number of hydrogen-bond acceptors (Lipinski definition) is 4. The molecule has 0 spiro atoms. The highest BCUT2D eigenvalue weighted by atomic mass is 35.5. The summed E-state index contributed by atoms with van der Waals surface area (Å²) in [6.07, 6.45) is 0.588. The number of rotatable bonds is 3. The van der Waals surface area contributed by atoms with E-state index in [2.05, 4.69) is 0 Å². The van der Waals surface area contributed by atoms with Gasteiger partial charge in [0, 0.05) is 19.0 Å². The number of carbonyl (C=O) groups is 1. The summed E-state index contributed by atoms with van der Waals surface area (Å²) in [5.41, 5.74) is 1.84. The zero-order valence-electron chi connectivity index (χ0n) is 11.8. The smallest absolute Gasteiger partial charge is 0.224 e. The lowest BCUT2D eigenvalue weighted by atomic mass is 10.1. The summed E-state index contributed by atoms with van der Waals surface area (Å²) in [6, 6.07) is 5.24. The molecule has 20 heavy (non-hydrogen) atoms. The van der Waals surface area contributed by atoms with Crippen LogP contribution in [0.25, 0.3) is 0 Å². The van der Waals surface area contributed by atoms with Gasteiger partial charge in [0.1, 0.15) is 11.8 Å². The molecule has 1 aliphatic rings. The van der Waals surface area contributed by atoms with Gasteiger partial charge in [-0.25, -0.2) is 0 Å². The zero-order valence-corrected chi connectivity index (χ0v) is 12.6. The fraction of sp³-hybridized carbons (Fsp3) is 0.429. The summed E-state index contributed by atoms with van der Waals surface area (Å²) in [4.78, 5) is 13.4. The van der Waals surface area contributed by atoms with E-state index in [0.717, 1.165) is 17.0 Å². The molecule has 1 aliphatic heterocycles. The van der Waals surface area contributed by atoms with E-state index in [1.165, 1.54) is 6.92 Å². The summed E-state index contributed by atoms with van der Waals surface area (Å²) in [5, 5.41) is 7.94. The average Bonchev–Trinajstić information content (AvgIpc) is 2.77. The lowest BCUT2D eigenvalue weighted by Gasteiger charge is -2.24. The number of benzene rings is 1. The number of fused-ring (bicyclic) bond motifs is 1. The van der Waals surface area contributed by atoms with E-state index in [-0.39, 0.29) is 30.3 Å². The molecule has 0 saturated heterocycles. The molecule has 1 aromatic rings. The first-order valence-corrected chi connectivity index (χ1v) is 6.26. The molecule has 0 aliphatic carbocycles. The topological polar surface area (TPSA) is 62.6 Å². The van der Waals surface area contributed by atoms with Crippen LogP contribution >= 0.6 is 12.4 Å². The van der Waals surface area contributed by atoms with Crippen LogP contribution in [0.1, 0.15) is 19.4 Å². The van der Waals surface area contributed by atoms with E-state index in [1.54, 1.807) is 12.0 Å². The second-order valence-corrected chi connectivity index (χ2v) is 4.40. The van der Waals surface area contributed by atoms with E-state index >= 15 is 0 Å². The second-order valence-electron chi connectivity index (χ2n) is 4.40. The first-order chi connectivity index (χ1) is 9.08. The Bertz CT molecular complexity index is 519. The summed E-state index contributed by atoms with van der Waals surface area (Å²) < 4.78 is 10.4. The lowest BCUT2D eigenvalue weighted by Crippen LogP contribution is -2.42. The zero-order chi connectivity index (χ0) is 14.0. The third-order valence-electron chi connectivity index (χ3n) is 3.21. The minimum absolute atomic E-state index is 0. The van der Waals surface area contributed by atoms with Gasteiger partial charge in [0.15, 0.2) is 0 Å². The molecule has 0 radical (unpaired) electrons. The number of hydrogen-bond donors (Lipinski definition) is 1. The largest absolute Gasteiger partial charge is 0.497 e. The van der Waals surface area contributed by atoms with Gasteiger partial charge in [0.05, 0.1) is 13.7 Å². The van der Waals surface area contributed by atoms with Crippen molar-refractivity contribution >= 4 is 29.9 Å². The molecule has 1 heterocycles. The number of anilines is 1. The number of nitrogens with one attached hydrogen (secondary N) is 1. The first kappa shape index (κ1) is 16.3. The number of halogens is 1. The Morgan fingerprint density at radius 1 is 1.50 bits per heavy atom. The standard InChI is InChI=1S/C14H18N2O3.ClH/c1-4-19-14(15)13-8-10-7-11(18-3)5-6-12(10)16(13)9(2)17;/h5-7,13,15H,4,8H2,1-3H3;1H. The average molecular weight is 299 g/mol. The van der Waals surface area contributed by atoms with Crippen LogP contribution in [0.4, 0.5) is 5.69 Å². The number of methoxy groups -OCH3 is 1. The summed E-state index contributed by atoms with van der Waals surface area (Å²) in [7, 11) is 1.61. The molecule has 110 valence electrons. The second kappa shape index (κ2) is 6.61. The first-order valence-electron chi connectivity index (χ1n) is 6.26. The third kappa shape index (κ3) is 2.88. The Kier molecular flexibility index (Phi) is 5.39. The van der Waals surface area contributed by atoms with E-state index in [0.29, 0.717) is 13.0 Å². The van der Waals surface area contributed by atoms with Crippen LogP contribution in [-0.2, 0) is 16.0 Å². The fourth-order valence-corrected chi connectivity index (χ4v) is 2.41. The van der Waals surface area contributed by atoms with Crippen LogP contribution in [0.3, 0.4) is 0 Å². The molecule has 0 bridgehead atoms. The van der Waals surface area contributed by atoms with Gasteiger partial charge < -0.3 is 9.47 Å². The Morgan fingerprint density at radius 3 is 2.75 bits per heavy atom. The van der Waals surface area contributed by atoms with Crippen molar-refractivity contribution in [2.75, 3.05) is 18.6 Å². The maximum atomic E-state index is 11.8. The Hall–Kier alpha value is -1.75. The molecule has 1 amide bonds. The Morgan fingerprint density at radius 2 is 2.20 bits per heavy atom. The maximum absolute atomic E-state index is 11.8. The van der Waals surface area contributed by atoms with E-state index in [1.807, 2.05) is 25.1 Å². The number of ether oxygens (including phenoxy) is 2. The molecule has 0 saturated carbocycles. The Balaban J connectivity index is 0.00000200. The van der Waals surface area contributed by atoms with Crippen molar-refractivity contribution < 1.29 is 14.3 Å². The summed E-state index contributed by atoms with van der Waals surface area (Å²) in [5.74, 6) is 0.803. The van der Waals surface area contributed by atoms with Crippen LogP contribution in [-0.4, -0.2) is 31.6 Å². The number of nitrogens with zero attached hydrogens (tertiary/aromatic N) is 1. The van der Waals surface area contributed by atoms with Crippen molar-refractivity contribution in [3.8, 4) is 5.75 Å². The van der Waals surface area contributed by atoms with E-state index in [4.69, 9.17) is 14.9 Å². The highest BCUT2D eigenvalue weighted by Gasteiger charge is 2.36. The minimum Gasteiger partial charge on any atom is -0.497 e. The van der Waals surface area contributed by atoms with Gasteiger partial charge in [0.2, 0.25) is 11.8 Å². The van der Waals surface area contributed by atoms with Crippen LogP contribution < -0.4 is 9.64 Å². The van der Waals surface area contributed by atoms with Crippen molar-refractivity contribution in [2.24, 2.45) is 0 Å². The monoisotopic (exact) mass is 298 g/mol. The third-order valence-corrected chi connectivity index (χ3v) is 3.21. The molecule has 2 rings (SSSR count). The molecule has 1 aromatic carbocycles. The summed E-state index contributed by atoms with van der Waals surface area (Å²) in [6.45, 7) is 3.77. The normalized spacial score (nSPS) is 16.1. The van der Waals surface area contributed by atoms with Gasteiger partial charge >= 0.3 is 0 Å².